The van der Waals surface area contributed by atoms with Crippen LogP contribution in [0.4, 0.5) is 0 Å². The summed E-state index contributed by atoms with van der Waals surface area (Å²) in [5.41, 5.74) is 0. The predicted octanol–water partition coefficient (Wildman–Crippen LogP) is 1.85. The molecule has 0 aromatic heterocycles. The second-order valence-corrected chi connectivity index (χ2v) is 6.37. The Hall–Kier alpha value is -0.610. The molecule has 1 amide bonds. The molecule has 1 N–H and O–H groups in total. The molecule has 2 aliphatic rings. The molecule has 1 atom stereocenters. The third-order valence-electron chi connectivity index (χ3n) is 4.69. The summed E-state index contributed by atoms with van der Waals surface area (Å²) in [6, 6.07) is 0.548. The summed E-state index contributed by atoms with van der Waals surface area (Å²) in [4.78, 5) is 16.8. The zero-order valence-electron chi connectivity index (χ0n) is 13.1. The van der Waals surface area contributed by atoms with Crippen molar-refractivity contribution in [1.82, 2.24) is 15.1 Å². The SMILES string of the molecule is CC(CNCC(=O)N1CCCCCC1)N1CCCCC1. The molecule has 0 saturated carbocycles. The minimum absolute atomic E-state index is 0.290. The van der Waals surface area contributed by atoms with Crippen molar-refractivity contribution in [2.45, 2.75) is 57.9 Å². The molecule has 0 aromatic carbocycles. The van der Waals surface area contributed by atoms with Gasteiger partial charge in [-0.05, 0) is 45.7 Å². The average Bonchev–Trinajstić information content (AvgIpc) is 2.77. The van der Waals surface area contributed by atoms with Gasteiger partial charge in [0, 0.05) is 25.7 Å². The van der Waals surface area contributed by atoms with Gasteiger partial charge in [0.25, 0.3) is 0 Å². The quantitative estimate of drug-likeness (QED) is 0.835. The lowest BCUT2D eigenvalue weighted by Crippen LogP contribution is -2.46. The highest BCUT2D eigenvalue weighted by Crippen LogP contribution is 2.12. The first-order chi connectivity index (χ1) is 9.77. The number of nitrogens with zero attached hydrogens (tertiary/aromatic N) is 2. The van der Waals surface area contributed by atoms with Crippen molar-refractivity contribution in [2.75, 3.05) is 39.3 Å². The van der Waals surface area contributed by atoms with E-state index in [1.165, 1.54) is 58.0 Å². The van der Waals surface area contributed by atoms with Crippen molar-refractivity contribution in [3.05, 3.63) is 0 Å². The molecule has 0 aromatic rings. The number of piperidine rings is 1. The lowest BCUT2D eigenvalue weighted by Gasteiger charge is -2.32. The Labute approximate surface area is 123 Å². The van der Waals surface area contributed by atoms with Gasteiger partial charge in [-0.15, -0.1) is 0 Å². The van der Waals surface area contributed by atoms with Crippen LogP contribution in [0.2, 0.25) is 0 Å². The van der Waals surface area contributed by atoms with Gasteiger partial charge in [-0.25, -0.2) is 0 Å². The number of hydrogen-bond acceptors (Lipinski definition) is 3. The summed E-state index contributed by atoms with van der Waals surface area (Å²) < 4.78 is 0. The Bertz CT molecular complexity index is 281. The van der Waals surface area contributed by atoms with Gasteiger partial charge in [0.2, 0.25) is 5.91 Å². The normalized spacial score (nSPS) is 23.4. The minimum atomic E-state index is 0.290. The topological polar surface area (TPSA) is 35.6 Å². The second-order valence-electron chi connectivity index (χ2n) is 6.37. The third kappa shape index (κ3) is 5.06. The molecule has 116 valence electrons. The van der Waals surface area contributed by atoms with E-state index >= 15 is 0 Å². The highest BCUT2D eigenvalue weighted by molar-refractivity contribution is 5.78. The van der Waals surface area contributed by atoms with Crippen molar-refractivity contribution >= 4 is 5.91 Å². The minimum Gasteiger partial charge on any atom is -0.342 e. The van der Waals surface area contributed by atoms with E-state index in [0.29, 0.717) is 12.6 Å². The van der Waals surface area contributed by atoms with Crippen molar-refractivity contribution in [1.29, 1.82) is 0 Å². The maximum Gasteiger partial charge on any atom is 0.236 e. The lowest BCUT2D eigenvalue weighted by atomic mass is 10.1. The number of hydrogen-bond donors (Lipinski definition) is 1. The molecule has 1 unspecified atom stereocenters. The van der Waals surface area contributed by atoms with Crippen LogP contribution in [0.15, 0.2) is 0 Å². The predicted molar refractivity (Wildman–Crippen MR) is 82.8 cm³/mol. The first-order valence-corrected chi connectivity index (χ1v) is 8.50. The Kier molecular flexibility index (Phi) is 6.80. The standard InChI is InChI=1S/C16H31N3O/c1-15(18-9-7-4-8-10-18)13-17-14-16(20)19-11-5-2-3-6-12-19/h15,17H,2-14H2,1H3. The second kappa shape index (κ2) is 8.63. The number of carbonyl (C=O) groups is 1. The van der Waals surface area contributed by atoms with E-state index in [1.807, 2.05) is 4.90 Å². The molecule has 20 heavy (non-hydrogen) atoms. The molecule has 0 spiro atoms. The number of rotatable bonds is 5. The number of nitrogens with one attached hydrogen (secondary N) is 1. The lowest BCUT2D eigenvalue weighted by molar-refractivity contribution is -0.130. The fourth-order valence-corrected chi connectivity index (χ4v) is 3.31. The summed E-state index contributed by atoms with van der Waals surface area (Å²) in [6.45, 7) is 8.09. The highest BCUT2D eigenvalue weighted by Gasteiger charge is 2.18. The van der Waals surface area contributed by atoms with E-state index in [1.54, 1.807) is 0 Å². The summed E-state index contributed by atoms with van der Waals surface area (Å²) in [7, 11) is 0. The largest absolute Gasteiger partial charge is 0.342 e. The molecule has 2 fully saturated rings. The zero-order valence-corrected chi connectivity index (χ0v) is 13.1. The van der Waals surface area contributed by atoms with Gasteiger partial charge in [0.1, 0.15) is 0 Å². The van der Waals surface area contributed by atoms with Crippen LogP contribution in [0.3, 0.4) is 0 Å². The van der Waals surface area contributed by atoms with E-state index in [2.05, 4.69) is 17.1 Å². The molecule has 2 rings (SSSR count). The van der Waals surface area contributed by atoms with Crippen molar-refractivity contribution in [3.63, 3.8) is 0 Å². The average molecular weight is 281 g/mol. The van der Waals surface area contributed by atoms with Crippen molar-refractivity contribution < 1.29 is 4.79 Å². The fraction of sp³-hybridized carbons (Fsp3) is 0.938. The van der Waals surface area contributed by atoms with E-state index < -0.39 is 0 Å². The van der Waals surface area contributed by atoms with Gasteiger partial charge >= 0.3 is 0 Å². The number of carbonyl (C=O) groups excluding carboxylic acids is 1. The fourth-order valence-electron chi connectivity index (χ4n) is 3.31. The molecule has 2 heterocycles. The van der Waals surface area contributed by atoms with Gasteiger partial charge in [0.05, 0.1) is 6.54 Å². The molecule has 2 saturated heterocycles. The molecule has 0 radical (unpaired) electrons. The summed E-state index contributed by atoms with van der Waals surface area (Å²) in [6.07, 6.45) is 8.95. The monoisotopic (exact) mass is 281 g/mol. The highest BCUT2D eigenvalue weighted by atomic mass is 16.2. The number of amides is 1. The van der Waals surface area contributed by atoms with Crippen LogP contribution >= 0.6 is 0 Å². The molecule has 4 heteroatoms. The van der Waals surface area contributed by atoms with Gasteiger partial charge in [-0.3, -0.25) is 9.69 Å². The van der Waals surface area contributed by atoms with Crippen molar-refractivity contribution in [3.8, 4) is 0 Å². The Morgan fingerprint density at radius 3 is 2.15 bits per heavy atom. The van der Waals surface area contributed by atoms with Crippen LogP contribution in [-0.2, 0) is 4.79 Å². The Morgan fingerprint density at radius 2 is 1.50 bits per heavy atom. The van der Waals surface area contributed by atoms with Crippen LogP contribution < -0.4 is 5.32 Å². The molecule has 4 nitrogen and oxygen atoms in total. The van der Waals surface area contributed by atoms with Crippen LogP contribution in [0.5, 0.6) is 0 Å². The van der Waals surface area contributed by atoms with Crippen LogP contribution in [-0.4, -0.2) is 61.0 Å². The van der Waals surface area contributed by atoms with Crippen molar-refractivity contribution in [2.24, 2.45) is 0 Å². The first kappa shape index (κ1) is 15.8. The summed E-state index contributed by atoms with van der Waals surface area (Å²) in [5, 5.41) is 3.37. The first-order valence-electron chi connectivity index (χ1n) is 8.50. The number of likely N-dealkylation sites (tertiary alicyclic amines) is 2. The summed E-state index contributed by atoms with van der Waals surface area (Å²) in [5.74, 6) is 0.290. The van der Waals surface area contributed by atoms with E-state index in [4.69, 9.17) is 0 Å². The van der Waals surface area contributed by atoms with Gasteiger partial charge in [-0.1, -0.05) is 19.3 Å². The zero-order chi connectivity index (χ0) is 14.2. The van der Waals surface area contributed by atoms with E-state index in [9.17, 15) is 4.79 Å². The Balaban J connectivity index is 1.62. The van der Waals surface area contributed by atoms with Crippen LogP contribution in [0.25, 0.3) is 0 Å². The molecule has 2 aliphatic heterocycles. The molecule has 0 aliphatic carbocycles. The van der Waals surface area contributed by atoms with Gasteiger partial charge in [-0.2, -0.15) is 0 Å². The third-order valence-corrected chi connectivity index (χ3v) is 4.69. The van der Waals surface area contributed by atoms with Gasteiger partial charge in [0.15, 0.2) is 0 Å². The molecule has 0 bridgehead atoms. The molecular formula is C16H31N3O. The van der Waals surface area contributed by atoms with E-state index in [-0.39, 0.29) is 5.91 Å². The van der Waals surface area contributed by atoms with Crippen LogP contribution in [0.1, 0.15) is 51.9 Å². The van der Waals surface area contributed by atoms with E-state index in [0.717, 1.165) is 19.6 Å². The Morgan fingerprint density at radius 1 is 0.950 bits per heavy atom. The van der Waals surface area contributed by atoms with Gasteiger partial charge < -0.3 is 10.2 Å². The smallest absolute Gasteiger partial charge is 0.236 e. The maximum absolute atomic E-state index is 12.2. The van der Waals surface area contributed by atoms with Crippen LogP contribution in [0, 0.1) is 0 Å². The maximum atomic E-state index is 12.2. The molecular weight excluding hydrogens is 250 g/mol. The summed E-state index contributed by atoms with van der Waals surface area (Å²) >= 11 is 0.